The molecule has 0 aliphatic heterocycles. The van der Waals surface area contributed by atoms with Crippen molar-refractivity contribution in [2.24, 2.45) is 0 Å². The maximum absolute atomic E-state index is 11.3. The third-order valence-corrected chi connectivity index (χ3v) is 14.8. The van der Waals surface area contributed by atoms with E-state index in [1.165, 1.54) is 0 Å². The van der Waals surface area contributed by atoms with E-state index < -0.39 is 28.5 Å². The largest absolute Gasteiger partial charge is 1.00 e. The minimum Gasteiger partial charge on any atom is -0.550 e. The Morgan fingerprint density at radius 3 is 1.64 bits per heavy atom. The molecule has 4 nitrogen and oxygen atoms in total. The molecule has 0 saturated carbocycles. The Morgan fingerprint density at radius 1 is 0.893 bits per heavy atom. The first kappa shape index (κ1) is 27.7. The average molecular weight is 433 g/mol. The number of hydrogen-bond acceptors (Lipinski definition) is 4. The number of carboxylic acid groups (broad SMARTS) is 1. The molecule has 0 aliphatic carbocycles. The van der Waals surface area contributed by atoms with Gasteiger partial charge in [-0.2, -0.15) is 0 Å². The molecule has 1 rings (SSSR count). The van der Waals surface area contributed by atoms with Crippen LogP contribution >= 0.6 is 0 Å². The van der Waals surface area contributed by atoms with E-state index in [9.17, 15) is 9.90 Å². The second kappa shape index (κ2) is 9.25. The van der Waals surface area contributed by atoms with Crippen LogP contribution in [0.5, 0.6) is 11.5 Å². The molecule has 0 bridgehead atoms. The minimum atomic E-state index is -2.11. The third kappa shape index (κ3) is 6.62. The van der Waals surface area contributed by atoms with Crippen LogP contribution in [0.15, 0.2) is 18.2 Å². The smallest absolute Gasteiger partial charge is 0.550 e. The molecule has 1 unspecified atom stereocenters. The zero-order valence-electron chi connectivity index (χ0n) is 19.9. The molecule has 0 saturated heterocycles. The number of aliphatic carboxylic acids is 1. The van der Waals surface area contributed by atoms with Crippen molar-refractivity contribution in [3.05, 3.63) is 23.8 Å². The van der Waals surface area contributed by atoms with Crippen LogP contribution in [-0.2, 0) is 4.79 Å². The molecular weight excluding hydrogens is 395 g/mol. The Bertz CT molecular complexity index is 689. The predicted molar refractivity (Wildman–Crippen MR) is 116 cm³/mol. The molecule has 1 atom stereocenters. The van der Waals surface area contributed by atoms with Crippen molar-refractivity contribution in [2.75, 3.05) is 0 Å². The van der Waals surface area contributed by atoms with Crippen LogP contribution in [0.4, 0.5) is 0 Å². The number of carbonyl (C=O) groups is 1. The normalized spacial score (nSPS) is 14.1. The second-order valence-corrected chi connectivity index (χ2v) is 19.9. The van der Waals surface area contributed by atoms with Gasteiger partial charge in [-0.15, -0.1) is 0 Å². The van der Waals surface area contributed by atoms with Crippen LogP contribution in [0.1, 0.15) is 59.9 Å². The molecule has 1 aromatic carbocycles. The quantitative estimate of drug-likeness (QED) is 0.647. The van der Waals surface area contributed by atoms with Gasteiger partial charge in [-0.25, -0.2) is 0 Å². The van der Waals surface area contributed by atoms with Gasteiger partial charge in [-0.05, 0) is 54.0 Å². The molecule has 0 fully saturated rings. The molecule has 0 aromatic heterocycles. The predicted octanol–water partition coefficient (Wildman–Crippen LogP) is 2.31. The molecule has 28 heavy (non-hydrogen) atoms. The van der Waals surface area contributed by atoms with Gasteiger partial charge in [0, 0.05) is 11.9 Å². The van der Waals surface area contributed by atoms with Crippen molar-refractivity contribution in [1.82, 2.24) is 0 Å². The summed E-state index contributed by atoms with van der Waals surface area (Å²) in [6.45, 7) is 23.5. The molecule has 1 aromatic rings. The van der Waals surface area contributed by atoms with E-state index in [1.807, 2.05) is 12.1 Å². The number of benzene rings is 1. The van der Waals surface area contributed by atoms with Crippen LogP contribution in [0.3, 0.4) is 0 Å². The fourth-order valence-corrected chi connectivity index (χ4v) is 3.99. The summed E-state index contributed by atoms with van der Waals surface area (Å²) in [7, 11) is -4.17. The maximum atomic E-state index is 11.3. The van der Waals surface area contributed by atoms with Gasteiger partial charge >= 0.3 is 29.6 Å². The summed E-state index contributed by atoms with van der Waals surface area (Å²) < 4.78 is 13.1. The number of carboxylic acids is 1. The molecular formula is C21H37NaO4Si2. The van der Waals surface area contributed by atoms with Crippen molar-refractivity contribution in [3.8, 4) is 11.5 Å². The Kier molecular flexibility index (Phi) is 9.16. The van der Waals surface area contributed by atoms with E-state index in [1.54, 1.807) is 13.0 Å². The summed E-state index contributed by atoms with van der Waals surface area (Å²) >= 11 is 0. The topological polar surface area (TPSA) is 58.6 Å². The molecule has 0 aliphatic rings. The summed E-state index contributed by atoms with van der Waals surface area (Å²) in [5.41, 5.74) is 0.672. The van der Waals surface area contributed by atoms with Crippen molar-refractivity contribution < 1.29 is 48.3 Å². The van der Waals surface area contributed by atoms with Gasteiger partial charge in [0.1, 0.15) is 11.5 Å². The van der Waals surface area contributed by atoms with Crippen LogP contribution in [0, 0.1) is 0 Å². The third-order valence-electron chi connectivity index (χ3n) is 6.16. The van der Waals surface area contributed by atoms with Gasteiger partial charge in [-0.3, -0.25) is 0 Å². The number of hydrogen-bond donors (Lipinski definition) is 0. The number of rotatable bonds is 6. The van der Waals surface area contributed by atoms with E-state index in [2.05, 4.69) is 67.7 Å². The van der Waals surface area contributed by atoms with Crippen LogP contribution in [0.25, 0.3) is 0 Å². The fraction of sp³-hybridized carbons (Fsp3) is 0.667. The minimum absolute atomic E-state index is 0. The number of carbonyl (C=O) groups excluding carboxylic acids is 1. The Morgan fingerprint density at radius 2 is 1.29 bits per heavy atom. The molecule has 0 N–H and O–H groups in total. The average Bonchev–Trinajstić information content (AvgIpc) is 2.45. The molecule has 0 amide bonds. The van der Waals surface area contributed by atoms with Gasteiger partial charge in [0.25, 0.3) is 16.6 Å². The molecule has 0 radical (unpaired) electrons. The second-order valence-electron chi connectivity index (χ2n) is 10.5. The molecule has 0 heterocycles. The Balaban J connectivity index is 0.00000729. The summed E-state index contributed by atoms with van der Waals surface area (Å²) in [4.78, 5) is 11.3. The van der Waals surface area contributed by atoms with E-state index in [-0.39, 0.29) is 39.6 Å². The summed E-state index contributed by atoms with van der Waals surface area (Å²) in [6, 6.07) is 5.49. The van der Waals surface area contributed by atoms with Crippen LogP contribution in [0.2, 0.25) is 36.3 Å². The standard InChI is InChI=1S/C21H38O4Si2.Na/c1-15(19(22)23)16-12-13-17(24-26(8,9)20(2,3)4)18(14-16)25-27(10,11)21(5,6)7;/h12-15H,1-11H3,(H,22,23);/q;+1/p-1. The first-order chi connectivity index (χ1) is 11.9. The maximum Gasteiger partial charge on any atom is 1.00 e. The van der Waals surface area contributed by atoms with Crippen molar-refractivity contribution in [1.29, 1.82) is 0 Å². The molecule has 154 valence electrons. The zero-order valence-corrected chi connectivity index (χ0v) is 23.9. The first-order valence-electron chi connectivity index (χ1n) is 9.62. The van der Waals surface area contributed by atoms with Crippen molar-refractivity contribution >= 4 is 22.6 Å². The van der Waals surface area contributed by atoms with Gasteiger partial charge in [0.15, 0.2) is 0 Å². The van der Waals surface area contributed by atoms with Gasteiger partial charge in [0.2, 0.25) is 0 Å². The fourth-order valence-electron chi connectivity index (χ4n) is 1.95. The van der Waals surface area contributed by atoms with Gasteiger partial charge in [0.05, 0.1) is 0 Å². The van der Waals surface area contributed by atoms with Crippen LogP contribution in [-0.4, -0.2) is 22.6 Å². The first-order valence-corrected chi connectivity index (χ1v) is 15.4. The summed E-state index contributed by atoms with van der Waals surface area (Å²) in [5.74, 6) is -0.433. The van der Waals surface area contributed by atoms with E-state index in [0.29, 0.717) is 17.1 Å². The van der Waals surface area contributed by atoms with E-state index in [0.717, 1.165) is 0 Å². The molecule has 7 heteroatoms. The SMILES string of the molecule is CC(C(=O)[O-])c1ccc(O[Si](C)(C)C(C)(C)C)c(O[Si](C)(C)C(C)(C)C)c1.[Na+]. The van der Waals surface area contributed by atoms with Crippen molar-refractivity contribution in [3.63, 3.8) is 0 Å². The van der Waals surface area contributed by atoms with E-state index in [4.69, 9.17) is 8.85 Å². The summed E-state index contributed by atoms with van der Waals surface area (Å²) in [6.07, 6.45) is 0. The van der Waals surface area contributed by atoms with Crippen LogP contribution < -0.4 is 43.5 Å². The van der Waals surface area contributed by atoms with Gasteiger partial charge in [-0.1, -0.05) is 54.5 Å². The zero-order chi connectivity index (χ0) is 21.4. The van der Waals surface area contributed by atoms with E-state index >= 15 is 0 Å². The summed E-state index contributed by atoms with van der Waals surface area (Å²) in [5, 5.41) is 11.4. The van der Waals surface area contributed by atoms with Crippen molar-refractivity contribution in [2.45, 2.75) is 90.6 Å². The Labute approximate surface area is 196 Å². The van der Waals surface area contributed by atoms with Gasteiger partial charge < -0.3 is 18.8 Å². The monoisotopic (exact) mass is 432 g/mol. The molecule has 0 spiro atoms. The Hall–Kier alpha value is -0.276.